The number of carbonyl (C=O) groups excluding carboxylic acids is 1. The van der Waals surface area contributed by atoms with Crippen molar-refractivity contribution in [2.45, 2.75) is 90.6 Å². The average molecular weight is 286 g/mol. The van der Waals surface area contributed by atoms with Gasteiger partial charge in [-0.05, 0) is 19.3 Å². The van der Waals surface area contributed by atoms with Crippen LogP contribution >= 0.6 is 0 Å². The van der Waals surface area contributed by atoms with E-state index in [4.69, 9.17) is 9.84 Å². The number of carboxylic acids is 1. The van der Waals surface area contributed by atoms with Gasteiger partial charge in [0.1, 0.15) is 6.10 Å². The van der Waals surface area contributed by atoms with Crippen LogP contribution < -0.4 is 0 Å². The molecule has 0 spiro atoms. The van der Waals surface area contributed by atoms with E-state index in [1.807, 2.05) is 0 Å². The first-order chi connectivity index (χ1) is 9.60. The third kappa shape index (κ3) is 12.0. The monoisotopic (exact) mass is 286 g/mol. The molecule has 0 aliphatic carbocycles. The van der Waals surface area contributed by atoms with Crippen molar-refractivity contribution in [2.75, 3.05) is 0 Å². The van der Waals surface area contributed by atoms with Crippen LogP contribution in [0.2, 0.25) is 0 Å². The second-order valence-electron chi connectivity index (χ2n) is 5.37. The maximum Gasteiger partial charge on any atom is 0.307 e. The van der Waals surface area contributed by atoms with Crippen molar-refractivity contribution in [3.05, 3.63) is 0 Å². The summed E-state index contributed by atoms with van der Waals surface area (Å²) in [6.07, 6.45) is 8.94. The molecule has 0 aliphatic heterocycles. The predicted octanol–water partition coefficient (Wildman–Crippen LogP) is 4.31. The third-order valence-corrected chi connectivity index (χ3v) is 3.31. The zero-order valence-electron chi connectivity index (χ0n) is 13.0. The molecule has 4 nitrogen and oxygen atoms in total. The summed E-state index contributed by atoms with van der Waals surface area (Å²) in [6, 6.07) is 0. The normalized spacial score (nSPS) is 12.1. The standard InChI is InChI=1S/C16H30O4/c1-3-5-7-9-11-14(13-15(17)18)20-16(19)12-10-8-6-4-2/h14H,3-13H2,1-2H3,(H,17,18). The molecule has 0 saturated heterocycles. The zero-order valence-corrected chi connectivity index (χ0v) is 13.0. The van der Waals surface area contributed by atoms with Crippen LogP contribution in [0.15, 0.2) is 0 Å². The molecule has 0 amide bonds. The topological polar surface area (TPSA) is 63.6 Å². The van der Waals surface area contributed by atoms with Crippen LogP contribution in [0.3, 0.4) is 0 Å². The highest BCUT2D eigenvalue weighted by molar-refractivity contribution is 5.71. The summed E-state index contributed by atoms with van der Waals surface area (Å²) in [5.74, 6) is -1.15. The van der Waals surface area contributed by atoms with Crippen LogP contribution in [0, 0.1) is 0 Å². The number of hydrogen-bond donors (Lipinski definition) is 1. The van der Waals surface area contributed by atoms with E-state index in [0.29, 0.717) is 12.8 Å². The van der Waals surface area contributed by atoms with Gasteiger partial charge >= 0.3 is 11.9 Å². The highest BCUT2D eigenvalue weighted by Crippen LogP contribution is 2.13. The minimum Gasteiger partial charge on any atom is -0.481 e. The molecule has 0 radical (unpaired) electrons. The Morgan fingerprint density at radius 1 is 0.950 bits per heavy atom. The van der Waals surface area contributed by atoms with Gasteiger partial charge < -0.3 is 9.84 Å². The molecule has 118 valence electrons. The maximum absolute atomic E-state index is 11.7. The Labute approximate surface area is 122 Å². The largest absolute Gasteiger partial charge is 0.481 e. The fraction of sp³-hybridized carbons (Fsp3) is 0.875. The van der Waals surface area contributed by atoms with Gasteiger partial charge in [0.15, 0.2) is 0 Å². The minimum atomic E-state index is -0.899. The maximum atomic E-state index is 11.7. The van der Waals surface area contributed by atoms with Gasteiger partial charge in [-0.25, -0.2) is 0 Å². The number of unbranched alkanes of at least 4 members (excludes halogenated alkanes) is 6. The molecule has 1 unspecified atom stereocenters. The SMILES string of the molecule is CCCCCCC(=O)OC(CCCCCC)CC(=O)O. The second-order valence-corrected chi connectivity index (χ2v) is 5.37. The molecule has 0 fully saturated rings. The van der Waals surface area contributed by atoms with Gasteiger partial charge in [-0.3, -0.25) is 9.59 Å². The summed E-state index contributed by atoms with van der Waals surface area (Å²) < 4.78 is 5.30. The number of ether oxygens (including phenoxy) is 1. The fourth-order valence-corrected chi connectivity index (χ4v) is 2.14. The number of carbonyl (C=O) groups is 2. The summed E-state index contributed by atoms with van der Waals surface area (Å²) in [6.45, 7) is 4.25. The minimum absolute atomic E-state index is 0.0766. The molecule has 0 aromatic heterocycles. The number of hydrogen-bond acceptors (Lipinski definition) is 3. The van der Waals surface area contributed by atoms with Crippen LogP contribution in [-0.2, 0) is 14.3 Å². The molecule has 0 heterocycles. The lowest BCUT2D eigenvalue weighted by Gasteiger charge is -2.16. The van der Waals surface area contributed by atoms with E-state index in [0.717, 1.165) is 51.4 Å². The average Bonchev–Trinajstić information content (AvgIpc) is 2.39. The molecule has 1 N–H and O–H groups in total. The Bertz CT molecular complexity index is 263. The molecular weight excluding hydrogens is 256 g/mol. The smallest absolute Gasteiger partial charge is 0.307 e. The molecule has 0 rings (SSSR count). The van der Waals surface area contributed by atoms with E-state index < -0.39 is 12.1 Å². The molecule has 20 heavy (non-hydrogen) atoms. The number of carboxylic acid groups (broad SMARTS) is 1. The van der Waals surface area contributed by atoms with Crippen LogP contribution in [-0.4, -0.2) is 23.1 Å². The van der Waals surface area contributed by atoms with Gasteiger partial charge in [-0.1, -0.05) is 52.4 Å². The first kappa shape index (κ1) is 18.9. The first-order valence-corrected chi connectivity index (χ1v) is 8.01. The van der Waals surface area contributed by atoms with E-state index in [-0.39, 0.29) is 12.4 Å². The van der Waals surface area contributed by atoms with Crippen molar-refractivity contribution in [3.8, 4) is 0 Å². The van der Waals surface area contributed by atoms with Gasteiger partial charge in [0.2, 0.25) is 0 Å². The summed E-state index contributed by atoms with van der Waals surface area (Å²) in [5, 5.41) is 8.85. The Balaban J connectivity index is 3.93. The summed E-state index contributed by atoms with van der Waals surface area (Å²) in [7, 11) is 0. The molecule has 0 aliphatic rings. The van der Waals surface area contributed by atoms with E-state index >= 15 is 0 Å². The van der Waals surface area contributed by atoms with Crippen molar-refractivity contribution < 1.29 is 19.4 Å². The number of aliphatic carboxylic acids is 1. The van der Waals surface area contributed by atoms with Gasteiger partial charge in [0.25, 0.3) is 0 Å². The van der Waals surface area contributed by atoms with Crippen molar-refractivity contribution >= 4 is 11.9 Å². The van der Waals surface area contributed by atoms with E-state index in [2.05, 4.69) is 13.8 Å². The summed E-state index contributed by atoms with van der Waals surface area (Å²) in [4.78, 5) is 22.5. The van der Waals surface area contributed by atoms with Crippen molar-refractivity contribution in [1.82, 2.24) is 0 Å². The van der Waals surface area contributed by atoms with E-state index in [1.165, 1.54) is 0 Å². The molecule has 0 aromatic carbocycles. The lowest BCUT2D eigenvalue weighted by atomic mass is 10.1. The first-order valence-electron chi connectivity index (χ1n) is 8.01. The Hall–Kier alpha value is -1.06. The summed E-state index contributed by atoms with van der Waals surface area (Å²) >= 11 is 0. The molecule has 0 aromatic rings. The van der Waals surface area contributed by atoms with Crippen LogP contribution in [0.4, 0.5) is 0 Å². The lowest BCUT2D eigenvalue weighted by molar-refractivity contribution is -0.153. The highest BCUT2D eigenvalue weighted by Gasteiger charge is 2.17. The number of esters is 1. The Kier molecular flexibility index (Phi) is 12.3. The van der Waals surface area contributed by atoms with Gasteiger partial charge in [0, 0.05) is 6.42 Å². The molecule has 4 heteroatoms. The quantitative estimate of drug-likeness (QED) is 0.404. The highest BCUT2D eigenvalue weighted by atomic mass is 16.5. The fourth-order valence-electron chi connectivity index (χ4n) is 2.14. The van der Waals surface area contributed by atoms with Crippen molar-refractivity contribution in [1.29, 1.82) is 0 Å². The molecule has 0 saturated carbocycles. The number of rotatable bonds is 13. The van der Waals surface area contributed by atoms with Crippen molar-refractivity contribution in [2.24, 2.45) is 0 Å². The zero-order chi connectivity index (χ0) is 15.2. The van der Waals surface area contributed by atoms with Crippen LogP contribution in [0.25, 0.3) is 0 Å². The third-order valence-electron chi connectivity index (χ3n) is 3.31. The van der Waals surface area contributed by atoms with Gasteiger partial charge in [-0.15, -0.1) is 0 Å². The predicted molar refractivity (Wildman–Crippen MR) is 79.7 cm³/mol. The Morgan fingerprint density at radius 3 is 2.10 bits per heavy atom. The van der Waals surface area contributed by atoms with Gasteiger partial charge in [-0.2, -0.15) is 0 Å². The molecule has 0 bridgehead atoms. The van der Waals surface area contributed by atoms with Crippen LogP contribution in [0.5, 0.6) is 0 Å². The van der Waals surface area contributed by atoms with Crippen molar-refractivity contribution in [3.63, 3.8) is 0 Å². The molecule has 1 atom stereocenters. The van der Waals surface area contributed by atoms with Gasteiger partial charge in [0.05, 0.1) is 6.42 Å². The second kappa shape index (κ2) is 12.9. The van der Waals surface area contributed by atoms with Crippen LogP contribution in [0.1, 0.15) is 84.5 Å². The molecular formula is C16H30O4. The lowest BCUT2D eigenvalue weighted by Crippen LogP contribution is -2.21. The summed E-state index contributed by atoms with van der Waals surface area (Å²) in [5.41, 5.74) is 0. The van der Waals surface area contributed by atoms with E-state index in [1.54, 1.807) is 0 Å². The Morgan fingerprint density at radius 2 is 1.55 bits per heavy atom. The van der Waals surface area contributed by atoms with E-state index in [9.17, 15) is 9.59 Å².